The Morgan fingerprint density at radius 3 is 2.10 bits per heavy atom. The number of anilines is 1. The molecule has 0 aliphatic carbocycles. The molecule has 0 bridgehead atoms. The van der Waals surface area contributed by atoms with Gasteiger partial charge in [-0.3, -0.25) is 4.79 Å². The maximum atomic E-state index is 12.8. The molecule has 0 saturated carbocycles. The highest BCUT2D eigenvalue weighted by molar-refractivity contribution is 7.92. The molecule has 1 N–H and O–H groups in total. The van der Waals surface area contributed by atoms with Crippen molar-refractivity contribution >= 4 is 21.4 Å². The van der Waals surface area contributed by atoms with E-state index in [0.29, 0.717) is 24.3 Å². The molecule has 0 aliphatic heterocycles. The zero-order valence-corrected chi connectivity index (χ0v) is 24.3. The van der Waals surface area contributed by atoms with Gasteiger partial charge in [0.05, 0.1) is 11.5 Å². The third kappa shape index (κ3) is 9.59. The van der Waals surface area contributed by atoms with Gasteiger partial charge in [-0.2, -0.15) is 13.2 Å². The fraction of sp³-hybridized carbons (Fsp3) is 0.367. The summed E-state index contributed by atoms with van der Waals surface area (Å²) in [5.74, 6) is 0.434. The quantitative estimate of drug-likeness (QED) is 0.277. The number of amides is 1. The van der Waals surface area contributed by atoms with Gasteiger partial charge < -0.3 is 14.7 Å². The number of carbonyl (C=O) groups excluding carboxylic acids is 1. The number of ether oxygens (including phenoxy) is 1. The molecule has 3 aromatic rings. The van der Waals surface area contributed by atoms with Gasteiger partial charge >= 0.3 is 5.51 Å². The summed E-state index contributed by atoms with van der Waals surface area (Å²) >= 11 is 0. The Bertz CT molecular complexity index is 1280. The van der Waals surface area contributed by atoms with Crippen molar-refractivity contribution in [3.8, 4) is 11.5 Å². The first kappa shape index (κ1) is 34.5. The number of para-hydroxylation sites is 1. The number of nitrogens with zero attached hydrogens (tertiary/aromatic N) is 1. The van der Waals surface area contributed by atoms with Crippen molar-refractivity contribution in [1.29, 1.82) is 0 Å². The van der Waals surface area contributed by atoms with Crippen LogP contribution in [0.25, 0.3) is 0 Å². The number of rotatable bonds is 9. The standard InChI is InChI=1S/C18H18F3NO3S.C10H14O2.C2H6/c1-2-3-12-22(17(23)14-8-5-4-6-9-14)15-10-7-11-16(13-15)26(24,25)18(19,20)21;1-3-7-12-10-8(2)5-4-6-9(10)11;1-2/h4-11,13H,2-3,12H2,1H3;4-6,11H,3,7H2,1-2H3;1-2H3. The fourth-order valence-corrected chi connectivity index (χ4v) is 4.18. The van der Waals surface area contributed by atoms with Crippen molar-refractivity contribution in [2.75, 3.05) is 18.1 Å². The second kappa shape index (κ2) is 16.5. The Morgan fingerprint density at radius 1 is 0.925 bits per heavy atom. The van der Waals surface area contributed by atoms with Crippen LogP contribution in [-0.2, 0) is 9.84 Å². The van der Waals surface area contributed by atoms with Gasteiger partial charge in [-0.05, 0) is 61.7 Å². The number of unbranched alkanes of at least 4 members (excludes halogenated alkanes) is 1. The van der Waals surface area contributed by atoms with E-state index in [9.17, 15) is 31.5 Å². The molecule has 10 heteroatoms. The first-order chi connectivity index (χ1) is 18.9. The molecule has 6 nitrogen and oxygen atoms in total. The number of sulfone groups is 1. The lowest BCUT2D eigenvalue weighted by Gasteiger charge is -2.23. The van der Waals surface area contributed by atoms with Crippen molar-refractivity contribution < 1.29 is 36.2 Å². The van der Waals surface area contributed by atoms with E-state index < -0.39 is 26.1 Å². The molecular weight excluding hydrogens is 543 g/mol. The van der Waals surface area contributed by atoms with Crippen molar-refractivity contribution in [3.63, 3.8) is 0 Å². The smallest absolute Gasteiger partial charge is 0.501 e. The van der Waals surface area contributed by atoms with E-state index in [1.807, 2.05) is 46.8 Å². The van der Waals surface area contributed by atoms with Gasteiger partial charge in [0.2, 0.25) is 0 Å². The molecule has 0 unspecified atom stereocenters. The number of aromatic hydroxyl groups is 1. The highest BCUT2D eigenvalue weighted by Gasteiger charge is 2.47. The normalized spacial score (nSPS) is 10.9. The summed E-state index contributed by atoms with van der Waals surface area (Å²) in [4.78, 5) is 13.2. The Hall–Kier alpha value is -3.53. The summed E-state index contributed by atoms with van der Waals surface area (Å²) in [6, 6.07) is 18.0. The molecule has 0 saturated heterocycles. The number of benzene rings is 3. The lowest BCUT2D eigenvalue weighted by molar-refractivity contribution is -0.0436. The molecule has 3 aromatic carbocycles. The van der Waals surface area contributed by atoms with Crippen LogP contribution in [0.2, 0.25) is 0 Å². The molecule has 0 fully saturated rings. The van der Waals surface area contributed by atoms with E-state index in [2.05, 4.69) is 0 Å². The number of carbonyl (C=O) groups is 1. The van der Waals surface area contributed by atoms with Gasteiger partial charge in [0.1, 0.15) is 0 Å². The molecule has 3 rings (SSSR count). The summed E-state index contributed by atoms with van der Waals surface area (Å²) < 4.78 is 67.1. The Morgan fingerprint density at radius 2 is 1.55 bits per heavy atom. The average Bonchev–Trinajstić information content (AvgIpc) is 2.94. The maximum absolute atomic E-state index is 12.8. The van der Waals surface area contributed by atoms with E-state index in [0.717, 1.165) is 30.5 Å². The zero-order chi connectivity index (χ0) is 30.3. The Kier molecular flexibility index (Phi) is 14.3. The topological polar surface area (TPSA) is 83.9 Å². The molecule has 1 amide bonds. The van der Waals surface area contributed by atoms with Gasteiger partial charge in [-0.15, -0.1) is 0 Å². The highest BCUT2D eigenvalue weighted by atomic mass is 32.2. The summed E-state index contributed by atoms with van der Waals surface area (Å²) in [6.07, 6.45) is 2.34. The molecule has 0 aliphatic rings. The van der Waals surface area contributed by atoms with Crippen molar-refractivity contribution in [1.82, 2.24) is 0 Å². The van der Waals surface area contributed by atoms with Crippen LogP contribution in [0.1, 0.15) is 62.9 Å². The van der Waals surface area contributed by atoms with Crippen molar-refractivity contribution in [2.45, 2.75) is 64.3 Å². The minimum Gasteiger partial charge on any atom is -0.504 e. The molecule has 0 aromatic heterocycles. The first-order valence-corrected chi connectivity index (χ1v) is 14.6. The molecule has 0 spiro atoms. The Labute approximate surface area is 235 Å². The minimum atomic E-state index is -5.48. The van der Waals surface area contributed by atoms with E-state index >= 15 is 0 Å². The van der Waals surface area contributed by atoms with Crippen LogP contribution in [0.15, 0.2) is 77.7 Å². The number of alkyl halides is 3. The predicted octanol–water partition coefficient (Wildman–Crippen LogP) is 7.94. The fourth-order valence-electron chi connectivity index (χ4n) is 3.38. The first-order valence-electron chi connectivity index (χ1n) is 13.1. The van der Waals surface area contributed by atoms with Gasteiger partial charge in [0, 0.05) is 17.8 Å². The summed E-state index contributed by atoms with van der Waals surface area (Å²) in [7, 11) is -5.48. The van der Waals surface area contributed by atoms with Gasteiger partial charge in [0.25, 0.3) is 15.7 Å². The van der Waals surface area contributed by atoms with Crippen LogP contribution in [0, 0.1) is 6.92 Å². The van der Waals surface area contributed by atoms with Crippen LogP contribution < -0.4 is 9.64 Å². The highest BCUT2D eigenvalue weighted by Crippen LogP contribution is 2.32. The van der Waals surface area contributed by atoms with Crippen LogP contribution >= 0.6 is 0 Å². The summed E-state index contributed by atoms with van der Waals surface area (Å²) in [5.41, 5.74) is -3.95. The SMILES string of the molecule is CC.CCCCN(C(=O)c1ccccc1)c1cccc(S(=O)(=O)C(F)(F)F)c1.CCCOc1c(C)cccc1O. The zero-order valence-electron chi connectivity index (χ0n) is 23.5. The number of phenolic OH excluding ortho intramolecular Hbond substituents is 1. The number of phenols is 1. The van der Waals surface area contributed by atoms with Crippen LogP contribution in [0.5, 0.6) is 11.5 Å². The van der Waals surface area contributed by atoms with E-state index in [-0.39, 0.29) is 18.0 Å². The van der Waals surface area contributed by atoms with Gasteiger partial charge in [-0.25, -0.2) is 8.42 Å². The average molecular weight is 582 g/mol. The molecule has 0 heterocycles. The second-order valence-electron chi connectivity index (χ2n) is 8.39. The molecule has 0 radical (unpaired) electrons. The lowest BCUT2D eigenvalue weighted by atomic mass is 10.1. The third-order valence-corrected chi connectivity index (χ3v) is 6.87. The third-order valence-electron chi connectivity index (χ3n) is 5.39. The lowest BCUT2D eigenvalue weighted by Crippen LogP contribution is -2.32. The largest absolute Gasteiger partial charge is 0.504 e. The van der Waals surface area contributed by atoms with E-state index in [1.54, 1.807) is 36.4 Å². The van der Waals surface area contributed by atoms with Crippen LogP contribution in [0.4, 0.5) is 18.9 Å². The number of halogens is 3. The number of hydrogen-bond donors (Lipinski definition) is 1. The van der Waals surface area contributed by atoms with Crippen LogP contribution in [-0.4, -0.2) is 38.1 Å². The summed E-state index contributed by atoms with van der Waals surface area (Å²) in [5, 5.41) is 9.39. The molecule has 40 heavy (non-hydrogen) atoms. The monoisotopic (exact) mass is 581 g/mol. The van der Waals surface area contributed by atoms with E-state index in [1.165, 1.54) is 17.0 Å². The van der Waals surface area contributed by atoms with Crippen molar-refractivity contribution in [3.05, 3.63) is 83.9 Å². The second-order valence-corrected chi connectivity index (χ2v) is 10.3. The number of hydrogen-bond acceptors (Lipinski definition) is 5. The molecule has 220 valence electrons. The summed E-state index contributed by atoms with van der Waals surface area (Å²) in [6.45, 7) is 10.8. The molecule has 0 atom stereocenters. The van der Waals surface area contributed by atoms with Gasteiger partial charge in [-0.1, -0.05) is 70.5 Å². The van der Waals surface area contributed by atoms with Crippen LogP contribution in [0.3, 0.4) is 0 Å². The number of aryl methyl sites for hydroxylation is 1. The maximum Gasteiger partial charge on any atom is 0.501 e. The minimum absolute atomic E-state index is 0.109. The van der Waals surface area contributed by atoms with E-state index in [4.69, 9.17) is 4.74 Å². The molecular formula is C30H38F3NO5S. The van der Waals surface area contributed by atoms with Gasteiger partial charge in [0.15, 0.2) is 11.5 Å². The Balaban J connectivity index is 0.000000477. The van der Waals surface area contributed by atoms with Crippen molar-refractivity contribution in [2.24, 2.45) is 0 Å². The predicted molar refractivity (Wildman–Crippen MR) is 153 cm³/mol.